The normalized spacial score (nSPS) is 11.5. The van der Waals surface area contributed by atoms with Gasteiger partial charge in [-0.3, -0.25) is 9.59 Å². The van der Waals surface area contributed by atoms with Gasteiger partial charge in [0.25, 0.3) is 0 Å². The Kier molecular flexibility index (Phi) is 31.9. The second kappa shape index (κ2) is 32.8. The van der Waals surface area contributed by atoms with E-state index in [2.05, 4.69) is 37.5 Å². The van der Waals surface area contributed by atoms with Crippen LogP contribution in [0.15, 0.2) is 0 Å². The molecule has 0 bridgehead atoms. The lowest BCUT2D eigenvalue weighted by molar-refractivity contribution is -0.150. The highest BCUT2D eigenvalue weighted by Gasteiger charge is 2.11. The molecule has 6 heteroatoms. The van der Waals surface area contributed by atoms with Gasteiger partial charge in [-0.15, -0.1) is 0 Å². The van der Waals surface area contributed by atoms with Gasteiger partial charge in [-0.1, -0.05) is 143 Å². The van der Waals surface area contributed by atoms with Crippen molar-refractivity contribution in [3.05, 3.63) is 0 Å². The molecule has 0 radical (unpaired) electrons. The minimum absolute atomic E-state index is 0.0967. The van der Waals surface area contributed by atoms with E-state index in [9.17, 15) is 9.59 Å². The molecule has 0 aliphatic rings. The Balaban J connectivity index is 3.70. The second-order valence-corrected chi connectivity index (χ2v) is 12.2. The summed E-state index contributed by atoms with van der Waals surface area (Å²) in [6.07, 6.45) is 27.1. The van der Waals surface area contributed by atoms with E-state index in [1.54, 1.807) is 0 Å². The van der Waals surface area contributed by atoms with Gasteiger partial charge in [-0.2, -0.15) is 0 Å². The molecule has 42 heavy (non-hydrogen) atoms. The summed E-state index contributed by atoms with van der Waals surface area (Å²) in [5.74, 6) is -0.615. The number of hydrogen-bond donors (Lipinski definition) is 0. The Labute approximate surface area is 262 Å². The Morgan fingerprint density at radius 1 is 0.405 bits per heavy atom. The zero-order chi connectivity index (χ0) is 30.9. The van der Waals surface area contributed by atoms with Gasteiger partial charge in [0, 0.05) is 13.1 Å². The summed E-state index contributed by atoms with van der Waals surface area (Å²) in [7, 11) is 0. The zero-order valence-electron chi connectivity index (χ0n) is 28.7. The molecule has 0 aliphatic carbocycles. The highest BCUT2D eigenvalue weighted by atomic mass is 16.5. The maximum Gasteiger partial charge on any atom is 0.306 e. The van der Waals surface area contributed by atoms with Crippen LogP contribution in [0.2, 0.25) is 0 Å². The molecule has 0 atom stereocenters. The molecular weight excluding hydrogens is 524 g/mol. The first kappa shape index (κ1) is 40.9. The topological polar surface area (TPSA) is 59.1 Å². The van der Waals surface area contributed by atoms with Crippen molar-refractivity contribution in [3.63, 3.8) is 0 Å². The van der Waals surface area contributed by atoms with Crippen LogP contribution in [-0.4, -0.2) is 74.2 Å². The molecule has 0 aromatic carbocycles. The summed E-state index contributed by atoms with van der Waals surface area (Å²) in [5, 5.41) is 0. The molecule has 0 fully saturated rings. The van der Waals surface area contributed by atoms with Gasteiger partial charge in [-0.05, 0) is 39.0 Å². The van der Waals surface area contributed by atoms with Crippen molar-refractivity contribution >= 4 is 11.9 Å². The van der Waals surface area contributed by atoms with E-state index in [-0.39, 0.29) is 24.8 Å². The smallest absolute Gasteiger partial charge is 0.306 e. The van der Waals surface area contributed by atoms with Gasteiger partial charge in [-0.25, -0.2) is 0 Å². The van der Waals surface area contributed by atoms with E-state index in [4.69, 9.17) is 9.47 Å². The Morgan fingerprint density at radius 2 is 0.690 bits per heavy atom. The van der Waals surface area contributed by atoms with Gasteiger partial charge in [0.15, 0.2) is 0 Å². The first-order valence-electron chi connectivity index (χ1n) is 18.3. The summed E-state index contributed by atoms with van der Waals surface area (Å²) in [6.45, 7) is 15.2. The Hall–Kier alpha value is -1.14. The number of nitrogens with zero attached hydrogens (tertiary/aromatic N) is 2. The van der Waals surface area contributed by atoms with E-state index in [1.807, 2.05) is 0 Å². The molecule has 0 heterocycles. The number of carbonyl (C=O) groups is 2. The maximum absolute atomic E-state index is 12.1. The van der Waals surface area contributed by atoms with Crippen molar-refractivity contribution in [1.82, 2.24) is 9.80 Å². The molecular formula is C36H72N2O4. The fraction of sp³-hybridized carbons (Fsp3) is 0.944. The van der Waals surface area contributed by atoms with E-state index < -0.39 is 0 Å². The SMILES string of the molecule is CCCCCCCCCCCCN(CC)CCOC(=O)CCC(=O)OCCN(CC)CCCCCCCCCCCC. The number of ether oxygens (including phenoxy) is 2. The second-order valence-electron chi connectivity index (χ2n) is 12.2. The van der Waals surface area contributed by atoms with E-state index in [0.717, 1.165) is 39.3 Å². The van der Waals surface area contributed by atoms with E-state index >= 15 is 0 Å². The predicted octanol–water partition coefficient (Wildman–Crippen LogP) is 9.34. The van der Waals surface area contributed by atoms with Crippen LogP contribution in [0.25, 0.3) is 0 Å². The van der Waals surface area contributed by atoms with Crippen LogP contribution in [0.4, 0.5) is 0 Å². The van der Waals surface area contributed by atoms with Gasteiger partial charge in [0.05, 0.1) is 12.8 Å². The monoisotopic (exact) mass is 597 g/mol. The van der Waals surface area contributed by atoms with Crippen LogP contribution in [0.5, 0.6) is 0 Å². The Morgan fingerprint density at radius 3 is 0.976 bits per heavy atom. The Bertz CT molecular complexity index is 537. The quantitative estimate of drug-likeness (QED) is 0.0556. The molecule has 0 unspecified atom stereocenters. The molecule has 0 N–H and O–H groups in total. The highest BCUT2D eigenvalue weighted by Crippen LogP contribution is 2.12. The molecule has 0 amide bonds. The minimum Gasteiger partial charge on any atom is -0.464 e. The van der Waals surface area contributed by atoms with Crippen LogP contribution < -0.4 is 0 Å². The van der Waals surface area contributed by atoms with Gasteiger partial charge < -0.3 is 19.3 Å². The molecule has 0 spiro atoms. The lowest BCUT2D eigenvalue weighted by Gasteiger charge is -2.20. The van der Waals surface area contributed by atoms with Crippen LogP contribution in [0, 0.1) is 0 Å². The van der Waals surface area contributed by atoms with Gasteiger partial charge >= 0.3 is 11.9 Å². The third-order valence-corrected chi connectivity index (χ3v) is 8.42. The molecule has 250 valence electrons. The fourth-order valence-electron chi connectivity index (χ4n) is 5.43. The highest BCUT2D eigenvalue weighted by molar-refractivity contribution is 5.77. The molecule has 0 aliphatic heterocycles. The third kappa shape index (κ3) is 29.0. The molecule has 6 nitrogen and oxygen atoms in total. The summed E-state index contributed by atoms with van der Waals surface area (Å²) >= 11 is 0. The summed E-state index contributed by atoms with van der Waals surface area (Å²) in [5.41, 5.74) is 0. The molecule has 0 aromatic heterocycles. The number of likely N-dealkylation sites (N-methyl/N-ethyl adjacent to an activating group) is 2. The first-order chi connectivity index (χ1) is 20.6. The van der Waals surface area contributed by atoms with Crippen molar-refractivity contribution in [1.29, 1.82) is 0 Å². The van der Waals surface area contributed by atoms with Crippen molar-refractivity contribution in [2.75, 3.05) is 52.5 Å². The molecule has 0 aromatic rings. The average Bonchev–Trinajstić information content (AvgIpc) is 3.00. The molecule has 0 saturated heterocycles. The van der Waals surface area contributed by atoms with Crippen molar-refractivity contribution in [2.45, 2.75) is 169 Å². The lowest BCUT2D eigenvalue weighted by atomic mass is 10.1. The summed E-state index contributed by atoms with van der Waals surface area (Å²) in [6, 6.07) is 0. The number of carbonyl (C=O) groups excluding carboxylic acids is 2. The minimum atomic E-state index is -0.307. The fourth-order valence-corrected chi connectivity index (χ4v) is 5.43. The van der Waals surface area contributed by atoms with E-state index in [0.29, 0.717) is 13.2 Å². The van der Waals surface area contributed by atoms with Gasteiger partial charge in [0.2, 0.25) is 0 Å². The first-order valence-corrected chi connectivity index (χ1v) is 18.3. The number of unbranched alkanes of at least 4 members (excludes halogenated alkanes) is 18. The van der Waals surface area contributed by atoms with Crippen molar-refractivity contribution < 1.29 is 19.1 Å². The van der Waals surface area contributed by atoms with Crippen molar-refractivity contribution in [3.8, 4) is 0 Å². The average molecular weight is 597 g/mol. The number of hydrogen-bond acceptors (Lipinski definition) is 6. The number of rotatable bonds is 33. The maximum atomic E-state index is 12.1. The summed E-state index contributed by atoms with van der Waals surface area (Å²) < 4.78 is 10.8. The van der Waals surface area contributed by atoms with E-state index in [1.165, 1.54) is 128 Å². The van der Waals surface area contributed by atoms with Gasteiger partial charge in [0.1, 0.15) is 13.2 Å². The van der Waals surface area contributed by atoms with Crippen LogP contribution >= 0.6 is 0 Å². The van der Waals surface area contributed by atoms with Crippen LogP contribution in [-0.2, 0) is 19.1 Å². The van der Waals surface area contributed by atoms with Crippen LogP contribution in [0.1, 0.15) is 169 Å². The molecule has 0 rings (SSSR count). The summed E-state index contributed by atoms with van der Waals surface area (Å²) in [4.78, 5) is 28.9. The molecule has 0 saturated carbocycles. The zero-order valence-corrected chi connectivity index (χ0v) is 28.7. The standard InChI is InChI=1S/C36H72N2O4/c1-5-9-11-13-15-17-19-21-23-25-29-37(7-3)31-33-41-35(39)27-28-36(40)42-34-32-38(8-4)30-26-24-22-20-18-16-14-12-10-6-2/h5-34H2,1-4H3. The van der Waals surface area contributed by atoms with Crippen LogP contribution in [0.3, 0.4) is 0 Å². The number of esters is 2. The van der Waals surface area contributed by atoms with Crippen molar-refractivity contribution in [2.24, 2.45) is 0 Å². The predicted molar refractivity (Wildman–Crippen MR) is 179 cm³/mol. The largest absolute Gasteiger partial charge is 0.464 e. The third-order valence-electron chi connectivity index (χ3n) is 8.42. The lowest BCUT2D eigenvalue weighted by Crippen LogP contribution is -2.29.